The highest BCUT2D eigenvalue weighted by molar-refractivity contribution is 9.10. The summed E-state index contributed by atoms with van der Waals surface area (Å²) in [6, 6.07) is 23.2. The number of ether oxygens (including phenoxy) is 2. The van der Waals surface area contributed by atoms with Crippen molar-refractivity contribution >= 4 is 45.1 Å². The van der Waals surface area contributed by atoms with Crippen LogP contribution in [0.4, 0.5) is 11.4 Å². The van der Waals surface area contributed by atoms with Crippen LogP contribution in [0.1, 0.15) is 12.8 Å². The monoisotopic (exact) mass is 496 g/mol. The van der Waals surface area contributed by atoms with Crippen LogP contribution in [0.25, 0.3) is 0 Å². The fraction of sp³-hybridized carbons (Fsp3) is 0.125. The van der Waals surface area contributed by atoms with Crippen molar-refractivity contribution in [1.29, 1.82) is 0 Å². The number of benzene rings is 3. The SMILES string of the molecule is O=C(CCC(=O)OCC(=O)Nc1ccc(Br)cc1)Nc1ccc(Oc2ccccc2)cc1. The summed E-state index contributed by atoms with van der Waals surface area (Å²) in [7, 11) is 0. The summed E-state index contributed by atoms with van der Waals surface area (Å²) < 4.78 is 11.5. The number of nitrogens with one attached hydrogen (secondary N) is 2. The molecule has 0 aliphatic heterocycles. The summed E-state index contributed by atoms with van der Waals surface area (Å²) in [4.78, 5) is 35.7. The van der Waals surface area contributed by atoms with Gasteiger partial charge in [0, 0.05) is 22.3 Å². The molecule has 164 valence electrons. The number of hydrogen-bond acceptors (Lipinski definition) is 5. The third-order valence-electron chi connectivity index (χ3n) is 4.17. The molecule has 3 rings (SSSR count). The molecule has 3 aromatic carbocycles. The second-order valence-corrected chi connectivity index (χ2v) is 7.62. The topological polar surface area (TPSA) is 93.7 Å². The van der Waals surface area contributed by atoms with Crippen LogP contribution in [-0.4, -0.2) is 24.4 Å². The molecule has 2 amide bonds. The highest BCUT2D eigenvalue weighted by Crippen LogP contribution is 2.22. The molecule has 2 N–H and O–H groups in total. The van der Waals surface area contributed by atoms with Gasteiger partial charge < -0.3 is 20.1 Å². The molecular weight excluding hydrogens is 476 g/mol. The molecule has 3 aromatic rings. The lowest BCUT2D eigenvalue weighted by Gasteiger charge is -2.08. The van der Waals surface area contributed by atoms with Crippen molar-refractivity contribution in [3.05, 3.63) is 83.3 Å². The van der Waals surface area contributed by atoms with Crippen molar-refractivity contribution in [3.63, 3.8) is 0 Å². The van der Waals surface area contributed by atoms with Gasteiger partial charge in [0.25, 0.3) is 5.91 Å². The van der Waals surface area contributed by atoms with Crippen LogP contribution in [0.3, 0.4) is 0 Å². The maximum absolute atomic E-state index is 12.1. The molecule has 0 saturated carbocycles. The van der Waals surface area contributed by atoms with E-state index in [4.69, 9.17) is 9.47 Å². The van der Waals surface area contributed by atoms with Crippen molar-refractivity contribution in [1.82, 2.24) is 0 Å². The van der Waals surface area contributed by atoms with Crippen LogP contribution in [0, 0.1) is 0 Å². The van der Waals surface area contributed by atoms with E-state index in [-0.39, 0.29) is 18.7 Å². The van der Waals surface area contributed by atoms with Crippen molar-refractivity contribution in [2.45, 2.75) is 12.8 Å². The molecule has 0 heterocycles. The Labute approximate surface area is 193 Å². The number of carbonyl (C=O) groups is 3. The first kappa shape index (κ1) is 23.0. The average Bonchev–Trinajstić information content (AvgIpc) is 2.80. The van der Waals surface area contributed by atoms with E-state index in [0.29, 0.717) is 22.9 Å². The zero-order valence-electron chi connectivity index (χ0n) is 17.0. The normalized spacial score (nSPS) is 10.2. The fourth-order valence-corrected chi connectivity index (χ4v) is 2.88. The number of anilines is 2. The summed E-state index contributed by atoms with van der Waals surface area (Å²) >= 11 is 3.31. The molecule has 0 saturated heterocycles. The predicted molar refractivity (Wildman–Crippen MR) is 125 cm³/mol. The zero-order valence-corrected chi connectivity index (χ0v) is 18.6. The van der Waals surface area contributed by atoms with Crippen LogP contribution in [0.2, 0.25) is 0 Å². The number of para-hydroxylation sites is 1. The molecule has 32 heavy (non-hydrogen) atoms. The Morgan fingerprint density at radius 2 is 1.25 bits per heavy atom. The van der Waals surface area contributed by atoms with E-state index in [1.807, 2.05) is 30.3 Å². The molecular formula is C24H21BrN2O5. The van der Waals surface area contributed by atoms with E-state index in [9.17, 15) is 14.4 Å². The van der Waals surface area contributed by atoms with Gasteiger partial charge in [0.1, 0.15) is 11.5 Å². The van der Waals surface area contributed by atoms with Gasteiger partial charge in [0.15, 0.2) is 6.61 Å². The molecule has 0 atom stereocenters. The van der Waals surface area contributed by atoms with Gasteiger partial charge >= 0.3 is 5.97 Å². The Morgan fingerprint density at radius 1 is 0.688 bits per heavy atom. The van der Waals surface area contributed by atoms with Crippen LogP contribution >= 0.6 is 15.9 Å². The average molecular weight is 497 g/mol. The minimum absolute atomic E-state index is 0.0601. The number of esters is 1. The summed E-state index contributed by atoms with van der Waals surface area (Å²) in [6.07, 6.45) is -0.192. The van der Waals surface area contributed by atoms with E-state index in [1.54, 1.807) is 48.5 Å². The van der Waals surface area contributed by atoms with E-state index in [0.717, 1.165) is 4.47 Å². The quantitative estimate of drug-likeness (QED) is 0.400. The van der Waals surface area contributed by atoms with Crippen LogP contribution in [0.5, 0.6) is 11.5 Å². The van der Waals surface area contributed by atoms with E-state index >= 15 is 0 Å². The Hall–Kier alpha value is -3.65. The Morgan fingerprint density at radius 3 is 1.91 bits per heavy atom. The lowest BCUT2D eigenvalue weighted by molar-refractivity contribution is -0.147. The maximum Gasteiger partial charge on any atom is 0.306 e. The number of amides is 2. The molecule has 7 nitrogen and oxygen atoms in total. The largest absolute Gasteiger partial charge is 0.457 e. The lowest BCUT2D eigenvalue weighted by atomic mass is 10.2. The second-order valence-electron chi connectivity index (χ2n) is 6.70. The fourth-order valence-electron chi connectivity index (χ4n) is 2.62. The molecule has 0 radical (unpaired) electrons. The summed E-state index contributed by atoms with van der Waals surface area (Å²) in [5.41, 5.74) is 1.17. The first-order valence-corrected chi connectivity index (χ1v) is 10.6. The van der Waals surface area contributed by atoms with Gasteiger partial charge in [-0.3, -0.25) is 14.4 Å². The smallest absolute Gasteiger partial charge is 0.306 e. The minimum atomic E-state index is -0.627. The number of rotatable bonds is 9. The van der Waals surface area contributed by atoms with Crippen molar-refractivity contribution in [3.8, 4) is 11.5 Å². The summed E-state index contributed by atoms with van der Waals surface area (Å²) in [5, 5.41) is 5.32. The minimum Gasteiger partial charge on any atom is -0.457 e. The van der Waals surface area contributed by atoms with Gasteiger partial charge in [0.2, 0.25) is 5.91 Å². The first-order chi connectivity index (χ1) is 15.5. The standard InChI is InChI=1S/C24H21BrN2O5/c25-17-6-8-18(9-7-17)27-23(29)16-31-24(30)15-14-22(28)26-19-10-12-21(13-11-19)32-20-4-2-1-3-5-20/h1-13H,14-16H2,(H,26,28)(H,27,29). The van der Waals surface area contributed by atoms with Crippen LogP contribution in [0.15, 0.2) is 83.3 Å². The van der Waals surface area contributed by atoms with Crippen LogP contribution < -0.4 is 15.4 Å². The van der Waals surface area contributed by atoms with Gasteiger partial charge in [-0.25, -0.2) is 0 Å². The van der Waals surface area contributed by atoms with Gasteiger partial charge in [-0.1, -0.05) is 34.1 Å². The Kier molecular flexibility index (Phi) is 8.39. The molecule has 0 aliphatic carbocycles. The van der Waals surface area contributed by atoms with Crippen molar-refractivity contribution < 1.29 is 23.9 Å². The van der Waals surface area contributed by atoms with Crippen LogP contribution in [-0.2, 0) is 19.1 Å². The van der Waals surface area contributed by atoms with Gasteiger partial charge in [-0.05, 0) is 60.7 Å². The second kappa shape index (κ2) is 11.7. The molecule has 0 unspecified atom stereocenters. The highest BCUT2D eigenvalue weighted by Gasteiger charge is 2.11. The summed E-state index contributed by atoms with van der Waals surface area (Å²) in [6.45, 7) is -0.417. The molecule has 0 aromatic heterocycles. The van der Waals surface area contributed by atoms with Gasteiger partial charge in [-0.15, -0.1) is 0 Å². The predicted octanol–water partition coefficient (Wildman–Crippen LogP) is 5.14. The third-order valence-corrected chi connectivity index (χ3v) is 4.69. The number of halogens is 1. The summed E-state index contributed by atoms with van der Waals surface area (Å²) in [5.74, 6) is -0.0637. The van der Waals surface area contributed by atoms with E-state index in [2.05, 4.69) is 26.6 Å². The highest BCUT2D eigenvalue weighted by atomic mass is 79.9. The Bertz CT molecular complexity index is 1050. The lowest BCUT2D eigenvalue weighted by Crippen LogP contribution is -2.21. The maximum atomic E-state index is 12.1. The molecule has 0 fully saturated rings. The molecule has 8 heteroatoms. The van der Waals surface area contributed by atoms with Crippen molar-refractivity contribution in [2.75, 3.05) is 17.2 Å². The molecule has 0 aliphatic rings. The zero-order chi connectivity index (χ0) is 22.8. The van der Waals surface area contributed by atoms with E-state index < -0.39 is 18.5 Å². The molecule has 0 bridgehead atoms. The first-order valence-electron chi connectivity index (χ1n) is 9.82. The molecule has 0 spiro atoms. The van der Waals surface area contributed by atoms with Gasteiger partial charge in [0.05, 0.1) is 6.42 Å². The number of hydrogen-bond donors (Lipinski definition) is 2. The van der Waals surface area contributed by atoms with Gasteiger partial charge in [-0.2, -0.15) is 0 Å². The van der Waals surface area contributed by atoms with Crippen molar-refractivity contribution in [2.24, 2.45) is 0 Å². The Balaban J connectivity index is 1.35. The number of carbonyl (C=O) groups excluding carboxylic acids is 3. The third kappa shape index (κ3) is 7.88. The van der Waals surface area contributed by atoms with E-state index in [1.165, 1.54) is 0 Å².